The number of amides is 1. The smallest absolute Gasteiger partial charge is 0.303 e. The zero-order valence-corrected chi connectivity index (χ0v) is 12.3. The summed E-state index contributed by atoms with van der Waals surface area (Å²) in [5.74, 6) is -1.34. The fraction of sp³-hybridized carbons (Fsp3) is 0.643. The monoisotopic (exact) mass is 294 g/mol. The van der Waals surface area contributed by atoms with Crippen LogP contribution in [0.2, 0.25) is 0 Å². The Hall–Kier alpha value is -2.07. The molecule has 0 aromatic heterocycles. The quantitative estimate of drug-likeness (QED) is 0.390. The number of nitrogens with zero attached hydrogens (tertiary/aromatic N) is 3. The molecule has 2 N–H and O–H groups in total. The first-order chi connectivity index (χ1) is 10.1. The van der Waals surface area contributed by atoms with E-state index in [4.69, 9.17) is 10.4 Å². The Morgan fingerprint density at radius 1 is 1.33 bits per heavy atom. The molecular weight excluding hydrogens is 272 g/mol. The number of carbonyl (C=O) groups is 2. The number of hydrogen-bond acceptors (Lipinski definition) is 5. The van der Waals surface area contributed by atoms with Gasteiger partial charge in [-0.3, -0.25) is 9.59 Å². The van der Waals surface area contributed by atoms with Gasteiger partial charge >= 0.3 is 5.97 Å². The van der Waals surface area contributed by atoms with Gasteiger partial charge in [0.1, 0.15) is 11.6 Å². The third-order valence-corrected chi connectivity index (χ3v) is 3.38. The molecule has 0 atom stereocenters. The number of piperazine rings is 1. The molecule has 21 heavy (non-hydrogen) atoms. The number of carboxylic acid groups (broad SMARTS) is 1. The van der Waals surface area contributed by atoms with Gasteiger partial charge in [-0.15, -0.1) is 0 Å². The van der Waals surface area contributed by atoms with E-state index in [1.54, 1.807) is 6.20 Å². The summed E-state index contributed by atoms with van der Waals surface area (Å²) in [7, 11) is 0. The first kappa shape index (κ1) is 17.0. The third kappa shape index (κ3) is 6.27. The average Bonchev–Trinajstić information content (AvgIpc) is 2.49. The summed E-state index contributed by atoms with van der Waals surface area (Å²) in [5, 5.41) is 20.1. The van der Waals surface area contributed by atoms with Crippen LogP contribution in [0.4, 0.5) is 0 Å². The summed E-state index contributed by atoms with van der Waals surface area (Å²) < 4.78 is 0. The number of nitrogens with one attached hydrogen (secondary N) is 1. The highest BCUT2D eigenvalue weighted by molar-refractivity contribution is 5.97. The molecule has 116 valence electrons. The summed E-state index contributed by atoms with van der Waals surface area (Å²) in [6.45, 7) is 6.81. The Kier molecular flexibility index (Phi) is 7.26. The van der Waals surface area contributed by atoms with Crippen molar-refractivity contribution in [3.05, 3.63) is 11.8 Å². The first-order valence-corrected chi connectivity index (χ1v) is 7.15. The van der Waals surface area contributed by atoms with Crippen molar-refractivity contribution < 1.29 is 14.7 Å². The molecule has 0 saturated carbocycles. The molecule has 0 aromatic rings. The second-order valence-electron chi connectivity index (χ2n) is 4.88. The van der Waals surface area contributed by atoms with Gasteiger partial charge in [0.15, 0.2) is 0 Å². The summed E-state index contributed by atoms with van der Waals surface area (Å²) >= 11 is 0. The minimum absolute atomic E-state index is 0.00482. The fourth-order valence-electron chi connectivity index (χ4n) is 2.07. The first-order valence-electron chi connectivity index (χ1n) is 7.15. The normalized spacial score (nSPS) is 16.4. The average molecular weight is 294 g/mol. The van der Waals surface area contributed by atoms with E-state index in [1.807, 2.05) is 11.0 Å². The van der Waals surface area contributed by atoms with E-state index in [1.165, 1.54) is 0 Å². The van der Waals surface area contributed by atoms with Crippen LogP contribution in [-0.2, 0) is 9.59 Å². The highest BCUT2D eigenvalue weighted by atomic mass is 16.4. The number of rotatable bonds is 7. The number of hydrogen-bond donors (Lipinski definition) is 2. The highest BCUT2D eigenvalue weighted by Gasteiger charge is 2.16. The number of carboxylic acids is 1. The fourth-order valence-corrected chi connectivity index (χ4v) is 2.07. The van der Waals surface area contributed by atoms with Gasteiger partial charge in [0.25, 0.3) is 5.91 Å². The molecule has 1 saturated heterocycles. The second-order valence-corrected chi connectivity index (χ2v) is 4.88. The van der Waals surface area contributed by atoms with Crippen molar-refractivity contribution in [2.45, 2.75) is 19.8 Å². The third-order valence-electron chi connectivity index (χ3n) is 3.38. The van der Waals surface area contributed by atoms with E-state index in [-0.39, 0.29) is 18.5 Å². The van der Waals surface area contributed by atoms with Crippen molar-refractivity contribution >= 4 is 11.9 Å². The number of carbonyl (C=O) groups excluding carboxylic acids is 1. The number of likely N-dealkylation sites (N-methyl/N-ethyl adjacent to an activating group) is 1. The molecule has 0 unspecified atom stereocenters. The van der Waals surface area contributed by atoms with Crippen LogP contribution in [-0.4, -0.2) is 66.1 Å². The van der Waals surface area contributed by atoms with Crippen molar-refractivity contribution in [1.82, 2.24) is 15.1 Å². The molecule has 1 amide bonds. The van der Waals surface area contributed by atoms with Gasteiger partial charge in [0.2, 0.25) is 0 Å². The zero-order valence-electron chi connectivity index (χ0n) is 12.3. The second kappa shape index (κ2) is 8.97. The van der Waals surface area contributed by atoms with Crippen LogP contribution < -0.4 is 5.32 Å². The molecule has 0 radical (unpaired) electrons. The minimum atomic E-state index is -0.894. The topological polar surface area (TPSA) is 96.7 Å². The Bertz CT molecular complexity index is 434. The molecule has 1 rings (SSSR count). The van der Waals surface area contributed by atoms with E-state index in [0.29, 0.717) is 6.42 Å². The van der Waals surface area contributed by atoms with Crippen LogP contribution in [0.1, 0.15) is 19.8 Å². The van der Waals surface area contributed by atoms with E-state index < -0.39 is 11.9 Å². The molecular formula is C14H22N4O3. The maximum absolute atomic E-state index is 11.8. The van der Waals surface area contributed by atoms with Crippen molar-refractivity contribution in [3.63, 3.8) is 0 Å². The van der Waals surface area contributed by atoms with Gasteiger partial charge in [-0.05, 0) is 13.0 Å². The van der Waals surface area contributed by atoms with Crippen molar-refractivity contribution in [3.8, 4) is 6.07 Å². The Morgan fingerprint density at radius 2 is 2.00 bits per heavy atom. The summed E-state index contributed by atoms with van der Waals surface area (Å²) in [5.41, 5.74) is 0.0651. The van der Waals surface area contributed by atoms with Crippen LogP contribution in [0.5, 0.6) is 0 Å². The Balaban J connectivity index is 2.42. The lowest BCUT2D eigenvalue weighted by Gasteiger charge is -2.33. The van der Waals surface area contributed by atoms with E-state index in [9.17, 15) is 9.59 Å². The SMILES string of the molecule is CCN1CCN(/C=C(/C#N)C(=O)NCCCC(=O)O)CC1. The summed E-state index contributed by atoms with van der Waals surface area (Å²) in [6, 6.07) is 1.90. The van der Waals surface area contributed by atoms with Gasteiger partial charge in [0.05, 0.1) is 0 Å². The number of aliphatic carboxylic acids is 1. The van der Waals surface area contributed by atoms with E-state index in [2.05, 4.69) is 17.1 Å². The largest absolute Gasteiger partial charge is 0.481 e. The lowest BCUT2D eigenvalue weighted by atomic mass is 10.2. The summed E-state index contributed by atoms with van der Waals surface area (Å²) in [6.07, 6.45) is 1.96. The lowest BCUT2D eigenvalue weighted by Crippen LogP contribution is -2.44. The van der Waals surface area contributed by atoms with Crippen LogP contribution >= 0.6 is 0 Å². The minimum Gasteiger partial charge on any atom is -0.481 e. The molecule has 0 aromatic carbocycles. The highest BCUT2D eigenvalue weighted by Crippen LogP contribution is 2.04. The van der Waals surface area contributed by atoms with Crippen molar-refractivity contribution in [2.24, 2.45) is 0 Å². The maximum Gasteiger partial charge on any atom is 0.303 e. The van der Waals surface area contributed by atoms with Crippen LogP contribution in [0, 0.1) is 11.3 Å². The number of nitriles is 1. The van der Waals surface area contributed by atoms with Crippen molar-refractivity contribution in [1.29, 1.82) is 5.26 Å². The van der Waals surface area contributed by atoms with Gasteiger partial charge in [-0.1, -0.05) is 6.92 Å². The van der Waals surface area contributed by atoms with E-state index >= 15 is 0 Å². The maximum atomic E-state index is 11.8. The van der Waals surface area contributed by atoms with Crippen molar-refractivity contribution in [2.75, 3.05) is 39.3 Å². The molecule has 1 heterocycles. The van der Waals surface area contributed by atoms with Crippen LogP contribution in [0.25, 0.3) is 0 Å². The molecule has 0 spiro atoms. The Labute approximate surface area is 124 Å². The van der Waals surface area contributed by atoms with Crippen LogP contribution in [0.3, 0.4) is 0 Å². The van der Waals surface area contributed by atoms with Gasteiger partial charge < -0.3 is 20.2 Å². The molecule has 1 aliphatic rings. The molecule has 0 aliphatic carbocycles. The molecule has 1 fully saturated rings. The van der Waals surface area contributed by atoms with E-state index in [0.717, 1.165) is 32.7 Å². The Morgan fingerprint density at radius 3 is 2.52 bits per heavy atom. The predicted octanol–water partition coefficient (Wildman–Crippen LogP) is 0.0124. The lowest BCUT2D eigenvalue weighted by molar-refractivity contribution is -0.137. The predicted molar refractivity (Wildman–Crippen MR) is 77.3 cm³/mol. The van der Waals surface area contributed by atoms with Crippen LogP contribution in [0.15, 0.2) is 11.8 Å². The van der Waals surface area contributed by atoms with Gasteiger partial charge in [0, 0.05) is 45.3 Å². The standard InChI is InChI=1S/C14H22N4O3/c1-2-17-6-8-18(9-7-17)11-12(10-15)14(21)16-5-3-4-13(19)20/h11H,2-9H2,1H3,(H,16,21)(H,19,20)/b12-11-. The molecule has 0 bridgehead atoms. The van der Waals surface area contributed by atoms with Gasteiger partial charge in [-0.25, -0.2) is 0 Å². The summed E-state index contributed by atoms with van der Waals surface area (Å²) in [4.78, 5) is 26.5. The molecule has 1 aliphatic heterocycles. The molecule has 7 heteroatoms. The molecule has 7 nitrogen and oxygen atoms in total. The zero-order chi connectivity index (χ0) is 15.7. The van der Waals surface area contributed by atoms with Gasteiger partial charge in [-0.2, -0.15) is 5.26 Å².